The van der Waals surface area contributed by atoms with Crippen molar-refractivity contribution in [3.63, 3.8) is 0 Å². The number of carbonyl (C=O) groups is 1. The van der Waals surface area contributed by atoms with Gasteiger partial charge in [-0.05, 0) is 17.5 Å². The van der Waals surface area contributed by atoms with Crippen LogP contribution in [0.2, 0.25) is 0 Å². The molecule has 28 heavy (non-hydrogen) atoms. The smallest absolute Gasteiger partial charge is 0.265 e. The number of amides is 1. The van der Waals surface area contributed by atoms with Gasteiger partial charge in [0.1, 0.15) is 5.75 Å². The molecular weight excluding hydrogens is 378 g/mol. The van der Waals surface area contributed by atoms with Crippen LogP contribution in [0, 0.1) is 0 Å². The summed E-state index contributed by atoms with van der Waals surface area (Å²) in [5.41, 5.74) is 0.179. The highest BCUT2D eigenvalue weighted by molar-refractivity contribution is 7.09. The molecule has 0 saturated heterocycles. The molecule has 2 heterocycles. The van der Waals surface area contributed by atoms with Crippen molar-refractivity contribution < 1.29 is 9.53 Å². The molecule has 7 nitrogen and oxygen atoms in total. The van der Waals surface area contributed by atoms with Crippen molar-refractivity contribution in [2.45, 2.75) is 26.1 Å². The van der Waals surface area contributed by atoms with E-state index >= 15 is 0 Å². The summed E-state index contributed by atoms with van der Waals surface area (Å²) in [7, 11) is 1.60. The van der Waals surface area contributed by atoms with Crippen molar-refractivity contribution >= 4 is 17.2 Å². The molecule has 0 aliphatic heterocycles. The van der Waals surface area contributed by atoms with Gasteiger partial charge in [0.2, 0.25) is 5.91 Å². The summed E-state index contributed by atoms with van der Waals surface area (Å²) in [5.74, 6) is 0.603. The molecule has 0 fully saturated rings. The van der Waals surface area contributed by atoms with E-state index < -0.39 is 0 Å². The summed E-state index contributed by atoms with van der Waals surface area (Å²) in [6, 6.07) is 13.9. The second-order valence-corrected chi connectivity index (χ2v) is 7.22. The van der Waals surface area contributed by atoms with Gasteiger partial charge in [-0.1, -0.05) is 24.3 Å². The molecule has 3 rings (SSSR count). The third-order valence-corrected chi connectivity index (χ3v) is 5.13. The normalized spacial score (nSPS) is 10.6. The van der Waals surface area contributed by atoms with Gasteiger partial charge in [0.15, 0.2) is 0 Å². The summed E-state index contributed by atoms with van der Waals surface area (Å²) < 4.78 is 6.56. The molecule has 2 aromatic heterocycles. The van der Waals surface area contributed by atoms with E-state index in [1.807, 2.05) is 41.8 Å². The fraction of sp³-hybridized carbons (Fsp3) is 0.250. The van der Waals surface area contributed by atoms with Crippen LogP contribution >= 0.6 is 11.3 Å². The van der Waals surface area contributed by atoms with Crippen molar-refractivity contribution in [3.05, 3.63) is 85.1 Å². The molecule has 1 amide bonds. The molecular formula is C20H21N3O4S. The van der Waals surface area contributed by atoms with Gasteiger partial charge in [0, 0.05) is 35.5 Å². The van der Waals surface area contributed by atoms with Crippen LogP contribution in [0.4, 0.5) is 0 Å². The topological polar surface area (TPSA) is 84.4 Å². The van der Waals surface area contributed by atoms with Crippen LogP contribution < -0.4 is 15.9 Å². The first-order valence-corrected chi connectivity index (χ1v) is 9.67. The second kappa shape index (κ2) is 9.18. The zero-order valence-electron chi connectivity index (χ0n) is 15.5. The predicted octanol–water partition coefficient (Wildman–Crippen LogP) is 2.23. The van der Waals surface area contributed by atoms with Crippen LogP contribution in [0.1, 0.15) is 16.9 Å². The highest BCUT2D eigenvalue weighted by Crippen LogP contribution is 2.22. The third kappa shape index (κ3) is 4.98. The number of methoxy groups -OCH3 is 1. The minimum atomic E-state index is -0.378. The monoisotopic (exact) mass is 399 g/mol. The highest BCUT2D eigenvalue weighted by Gasteiger charge is 2.17. The maximum atomic E-state index is 12.9. The quantitative estimate of drug-likeness (QED) is 0.630. The number of para-hydroxylation sites is 1. The second-order valence-electron chi connectivity index (χ2n) is 6.19. The van der Waals surface area contributed by atoms with E-state index in [-0.39, 0.29) is 30.0 Å². The van der Waals surface area contributed by atoms with Gasteiger partial charge >= 0.3 is 0 Å². The first-order chi connectivity index (χ1) is 13.6. The standard InChI is InChI=1S/C20H21N3O4S/c1-27-17-7-3-2-5-15(17)13-22(14-16-6-4-12-28-16)19(25)10-11-23-20(26)9-8-18(24)21-23/h2-9,12H,10-11,13-14H2,1H3,(H,21,24). The molecule has 8 heteroatoms. The Morgan fingerprint density at radius 3 is 2.68 bits per heavy atom. The van der Waals surface area contributed by atoms with Gasteiger partial charge < -0.3 is 9.64 Å². The number of thiophene rings is 1. The van der Waals surface area contributed by atoms with E-state index in [4.69, 9.17) is 4.74 Å². The van der Waals surface area contributed by atoms with Crippen LogP contribution in [0.15, 0.2) is 63.5 Å². The van der Waals surface area contributed by atoms with Gasteiger partial charge in [0.05, 0.1) is 20.2 Å². The van der Waals surface area contributed by atoms with Gasteiger partial charge in [-0.15, -0.1) is 11.3 Å². The lowest BCUT2D eigenvalue weighted by molar-refractivity contribution is -0.132. The fourth-order valence-electron chi connectivity index (χ4n) is 2.86. The minimum absolute atomic E-state index is 0.0976. The molecule has 0 bridgehead atoms. The average Bonchev–Trinajstić information content (AvgIpc) is 3.21. The number of aromatic nitrogens is 2. The zero-order valence-corrected chi connectivity index (χ0v) is 16.3. The minimum Gasteiger partial charge on any atom is -0.496 e. The van der Waals surface area contributed by atoms with Crippen molar-refractivity contribution in [1.82, 2.24) is 14.7 Å². The maximum Gasteiger partial charge on any atom is 0.265 e. The number of nitrogens with one attached hydrogen (secondary N) is 1. The summed E-state index contributed by atoms with van der Waals surface area (Å²) >= 11 is 1.58. The lowest BCUT2D eigenvalue weighted by Gasteiger charge is -2.23. The Morgan fingerprint density at radius 1 is 1.11 bits per heavy atom. The Bertz CT molecular complexity index is 1040. The molecule has 0 saturated carbocycles. The SMILES string of the molecule is COc1ccccc1CN(Cc1cccs1)C(=O)CCn1[nH]c(=O)ccc1=O. The van der Waals surface area contributed by atoms with E-state index in [2.05, 4.69) is 5.10 Å². The lowest BCUT2D eigenvalue weighted by atomic mass is 10.1. The van der Waals surface area contributed by atoms with E-state index in [1.165, 1.54) is 12.1 Å². The van der Waals surface area contributed by atoms with Crippen molar-refractivity contribution in [2.75, 3.05) is 7.11 Å². The Balaban J connectivity index is 1.77. The van der Waals surface area contributed by atoms with Gasteiger partial charge in [-0.3, -0.25) is 19.5 Å². The molecule has 0 aliphatic carbocycles. The first kappa shape index (κ1) is 19.6. The number of carbonyl (C=O) groups excluding carboxylic acids is 1. The average molecular weight is 399 g/mol. The summed E-state index contributed by atoms with van der Waals surface area (Å²) in [4.78, 5) is 39.0. The molecule has 146 valence electrons. The first-order valence-electron chi connectivity index (χ1n) is 8.79. The number of aryl methyl sites for hydroxylation is 1. The van der Waals surface area contributed by atoms with Crippen LogP contribution in [0.25, 0.3) is 0 Å². The van der Waals surface area contributed by atoms with Crippen LogP contribution in [0.3, 0.4) is 0 Å². The molecule has 0 unspecified atom stereocenters. The number of rotatable bonds is 8. The number of ether oxygens (including phenoxy) is 1. The molecule has 0 spiro atoms. The number of benzene rings is 1. The fourth-order valence-corrected chi connectivity index (χ4v) is 3.58. The predicted molar refractivity (Wildman–Crippen MR) is 108 cm³/mol. The molecule has 0 aliphatic rings. The van der Waals surface area contributed by atoms with E-state index in [1.54, 1.807) is 23.3 Å². The van der Waals surface area contributed by atoms with Crippen LogP contribution in [0.5, 0.6) is 5.75 Å². The summed E-state index contributed by atoms with van der Waals surface area (Å²) in [5, 5.41) is 4.41. The number of nitrogens with zero attached hydrogens (tertiary/aromatic N) is 2. The van der Waals surface area contributed by atoms with E-state index in [9.17, 15) is 14.4 Å². The Labute approximate surface area is 165 Å². The number of aromatic amines is 1. The molecule has 1 N–H and O–H groups in total. The zero-order chi connectivity index (χ0) is 19.9. The van der Waals surface area contributed by atoms with Gasteiger partial charge in [0.25, 0.3) is 11.1 Å². The summed E-state index contributed by atoms with van der Waals surface area (Å²) in [6.45, 7) is 0.969. The van der Waals surface area contributed by atoms with Crippen LogP contribution in [-0.4, -0.2) is 27.7 Å². The lowest BCUT2D eigenvalue weighted by Crippen LogP contribution is -2.33. The number of hydrogen-bond donors (Lipinski definition) is 1. The van der Waals surface area contributed by atoms with Crippen molar-refractivity contribution in [1.29, 1.82) is 0 Å². The van der Waals surface area contributed by atoms with Gasteiger partial charge in [-0.25, -0.2) is 4.68 Å². The largest absolute Gasteiger partial charge is 0.496 e. The maximum absolute atomic E-state index is 12.9. The van der Waals surface area contributed by atoms with E-state index in [0.717, 1.165) is 20.9 Å². The molecule has 1 aromatic carbocycles. The molecule has 0 radical (unpaired) electrons. The summed E-state index contributed by atoms with van der Waals surface area (Å²) in [6.07, 6.45) is 0.0976. The van der Waals surface area contributed by atoms with Crippen molar-refractivity contribution in [3.8, 4) is 5.75 Å². The number of H-pyrrole nitrogens is 1. The number of hydrogen-bond acceptors (Lipinski definition) is 5. The van der Waals surface area contributed by atoms with E-state index in [0.29, 0.717) is 13.1 Å². The molecule has 0 atom stereocenters. The Morgan fingerprint density at radius 2 is 1.93 bits per heavy atom. The Kier molecular flexibility index (Phi) is 6.44. The Hall–Kier alpha value is -3.13. The van der Waals surface area contributed by atoms with Crippen LogP contribution in [-0.2, 0) is 24.4 Å². The van der Waals surface area contributed by atoms with Gasteiger partial charge in [-0.2, -0.15) is 0 Å². The molecule has 3 aromatic rings. The van der Waals surface area contributed by atoms with Crippen molar-refractivity contribution in [2.24, 2.45) is 0 Å². The highest BCUT2D eigenvalue weighted by atomic mass is 32.1. The third-order valence-electron chi connectivity index (χ3n) is 4.27.